The van der Waals surface area contributed by atoms with Crippen molar-refractivity contribution >= 4 is 35.0 Å². The molecule has 3 aromatic rings. The lowest BCUT2D eigenvalue weighted by Gasteiger charge is -2.37. The van der Waals surface area contributed by atoms with Crippen LogP contribution in [0.4, 0.5) is 0 Å². The first-order chi connectivity index (χ1) is 17.2. The molecule has 3 atom stereocenters. The zero-order valence-electron chi connectivity index (χ0n) is 20.2. The van der Waals surface area contributed by atoms with Gasteiger partial charge in [-0.2, -0.15) is 10.4 Å². The Bertz CT molecular complexity index is 1410. The molecule has 9 heteroatoms. The third kappa shape index (κ3) is 4.04. The molecule has 36 heavy (non-hydrogen) atoms. The van der Waals surface area contributed by atoms with Crippen LogP contribution in [0, 0.1) is 11.3 Å². The maximum atomic E-state index is 13.8. The Morgan fingerprint density at radius 1 is 1.11 bits per heavy atom. The van der Waals surface area contributed by atoms with Crippen LogP contribution in [0.25, 0.3) is 0 Å². The van der Waals surface area contributed by atoms with Gasteiger partial charge < -0.3 is 9.80 Å². The summed E-state index contributed by atoms with van der Waals surface area (Å²) >= 11 is 12.2. The summed E-state index contributed by atoms with van der Waals surface area (Å²) in [5, 5.41) is 14.6. The van der Waals surface area contributed by atoms with E-state index < -0.39 is 0 Å². The van der Waals surface area contributed by atoms with Crippen LogP contribution in [0.15, 0.2) is 42.5 Å². The lowest BCUT2D eigenvalue weighted by atomic mass is 9.96. The van der Waals surface area contributed by atoms with Crippen LogP contribution in [0.2, 0.25) is 10.0 Å². The molecule has 0 bridgehead atoms. The van der Waals surface area contributed by atoms with Crippen molar-refractivity contribution < 1.29 is 9.59 Å². The minimum absolute atomic E-state index is 0.0151. The van der Waals surface area contributed by atoms with Gasteiger partial charge in [-0.25, -0.2) is 0 Å². The van der Waals surface area contributed by atoms with Gasteiger partial charge in [0, 0.05) is 30.1 Å². The Morgan fingerprint density at radius 2 is 1.83 bits per heavy atom. The number of rotatable bonds is 3. The predicted octanol–water partition coefficient (Wildman–Crippen LogP) is 5.43. The molecule has 0 aliphatic carbocycles. The number of halogens is 2. The number of hydrogen-bond donors (Lipinski definition) is 0. The van der Waals surface area contributed by atoms with Crippen molar-refractivity contribution in [3.63, 3.8) is 0 Å². The van der Waals surface area contributed by atoms with E-state index in [9.17, 15) is 9.59 Å². The number of nitrogens with zero attached hydrogens (tertiary/aromatic N) is 5. The van der Waals surface area contributed by atoms with Crippen molar-refractivity contribution in [2.24, 2.45) is 0 Å². The second-order valence-corrected chi connectivity index (χ2v) is 10.4. The molecule has 7 nitrogen and oxygen atoms in total. The Kier molecular flexibility index (Phi) is 6.27. The Labute approximate surface area is 219 Å². The number of aromatic nitrogens is 2. The number of hydrogen-bond acceptors (Lipinski definition) is 4. The molecule has 0 N–H and O–H groups in total. The second-order valence-electron chi connectivity index (χ2n) is 9.55. The fraction of sp³-hybridized carbons (Fsp3) is 0.333. The molecule has 2 amide bonds. The molecule has 3 heterocycles. The first-order valence-electron chi connectivity index (χ1n) is 11.9. The Balaban J connectivity index is 1.47. The van der Waals surface area contributed by atoms with E-state index in [0.29, 0.717) is 46.4 Å². The van der Waals surface area contributed by atoms with E-state index in [0.717, 1.165) is 16.8 Å². The highest BCUT2D eigenvalue weighted by atomic mass is 35.5. The maximum absolute atomic E-state index is 13.8. The van der Waals surface area contributed by atoms with Gasteiger partial charge in [0.25, 0.3) is 11.8 Å². The van der Waals surface area contributed by atoms with E-state index in [2.05, 4.69) is 13.0 Å². The normalized spacial score (nSPS) is 19.9. The Morgan fingerprint density at radius 3 is 2.50 bits per heavy atom. The zero-order chi connectivity index (χ0) is 25.7. The summed E-state index contributed by atoms with van der Waals surface area (Å²) in [4.78, 5) is 30.9. The number of benzene rings is 2. The first kappa shape index (κ1) is 24.4. The zero-order valence-corrected chi connectivity index (χ0v) is 21.7. The van der Waals surface area contributed by atoms with Gasteiger partial charge in [-0.15, -0.1) is 0 Å². The first-order valence-corrected chi connectivity index (χ1v) is 12.6. The monoisotopic (exact) mass is 521 g/mol. The van der Waals surface area contributed by atoms with Crippen LogP contribution in [-0.2, 0) is 13.0 Å². The van der Waals surface area contributed by atoms with E-state index in [-0.39, 0.29) is 29.9 Å². The van der Waals surface area contributed by atoms with E-state index in [4.69, 9.17) is 33.6 Å². The van der Waals surface area contributed by atoms with Crippen LogP contribution in [0.3, 0.4) is 0 Å². The second kappa shape index (κ2) is 9.27. The minimum atomic E-state index is -0.177. The number of nitriles is 1. The van der Waals surface area contributed by atoms with Gasteiger partial charge in [0.2, 0.25) is 0 Å². The van der Waals surface area contributed by atoms with Gasteiger partial charge >= 0.3 is 0 Å². The van der Waals surface area contributed by atoms with Crippen molar-refractivity contribution in [3.8, 4) is 6.07 Å². The van der Waals surface area contributed by atoms with Crippen LogP contribution in [0.1, 0.15) is 76.1 Å². The summed E-state index contributed by atoms with van der Waals surface area (Å²) in [6.45, 7) is 6.85. The summed E-state index contributed by atoms with van der Waals surface area (Å²) in [6.07, 6.45) is 0.563. The van der Waals surface area contributed by atoms with Crippen molar-refractivity contribution in [2.45, 2.75) is 51.9 Å². The fourth-order valence-electron chi connectivity index (χ4n) is 5.11. The molecule has 184 valence electrons. The molecule has 0 unspecified atom stereocenters. The SMILES string of the molecule is C[C@@H]1Cc2nn3c(c2CN1C(=O)c1ccc(Cl)c(Cl)c1)C(=O)N([C@@H](C)c1ccc(C#N)cc1)C[C@H]3C. The highest BCUT2D eigenvalue weighted by Gasteiger charge is 2.40. The van der Waals surface area contributed by atoms with Gasteiger partial charge in [-0.05, 0) is 56.7 Å². The smallest absolute Gasteiger partial charge is 0.273 e. The van der Waals surface area contributed by atoms with Crippen LogP contribution >= 0.6 is 23.2 Å². The van der Waals surface area contributed by atoms with Gasteiger partial charge in [-0.1, -0.05) is 35.3 Å². The van der Waals surface area contributed by atoms with Crippen LogP contribution in [-0.4, -0.2) is 44.0 Å². The quantitative estimate of drug-likeness (QED) is 0.460. The van der Waals surface area contributed by atoms with Gasteiger partial charge in [0.15, 0.2) is 0 Å². The number of fused-ring (bicyclic) bond motifs is 3. The molecule has 2 aliphatic heterocycles. The van der Waals surface area contributed by atoms with Gasteiger partial charge in [0.05, 0.1) is 46.0 Å². The van der Waals surface area contributed by atoms with Crippen molar-refractivity contribution in [2.75, 3.05) is 6.54 Å². The third-order valence-electron chi connectivity index (χ3n) is 7.20. The van der Waals surface area contributed by atoms with E-state index in [1.54, 1.807) is 35.2 Å². The van der Waals surface area contributed by atoms with Crippen molar-refractivity contribution in [1.29, 1.82) is 5.26 Å². The summed E-state index contributed by atoms with van der Waals surface area (Å²) in [7, 11) is 0. The minimum Gasteiger partial charge on any atom is -0.331 e. The predicted molar refractivity (Wildman–Crippen MR) is 137 cm³/mol. The maximum Gasteiger partial charge on any atom is 0.273 e. The average molecular weight is 522 g/mol. The topological polar surface area (TPSA) is 82.2 Å². The van der Waals surface area contributed by atoms with Gasteiger partial charge in [-0.3, -0.25) is 14.3 Å². The fourth-order valence-corrected chi connectivity index (χ4v) is 5.40. The van der Waals surface area contributed by atoms with E-state index in [1.165, 1.54) is 0 Å². The standard InChI is InChI=1S/C27H25Cl2N5O2/c1-15-10-24-21(14-32(15)26(35)20-8-9-22(28)23(29)11-20)25-27(36)33(13-16(2)34(25)31-24)17(3)19-6-4-18(12-30)5-7-19/h4-9,11,15-17H,10,13-14H2,1-3H3/t15-,16-,17+/m1/s1. The van der Waals surface area contributed by atoms with Crippen LogP contribution in [0.5, 0.6) is 0 Å². The molecule has 2 aliphatic rings. The molecule has 0 fully saturated rings. The molecule has 0 spiro atoms. The summed E-state index contributed by atoms with van der Waals surface area (Å²) in [5.74, 6) is -0.263. The summed E-state index contributed by atoms with van der Waals surface area (Å²) in [5.41, 5.74) is 4.21. The van der Waals surface area contributed by atoms with Crippen molar-refractivity contribution in [3.05, 3.63) is 86.2 Å². The third-order valence-corrected chi connectivity index (χ3v) is 7.94. The molecule has 0 radical (unpaired) electrons. The van der Waals surface area contributed by atoms with E-state index in [1.807, 2.05) is 35.6 Å². The molecule has 1 aromatic heterocycles. The number of amides is 2. The lowest BCUT2D eigenvalue weighted by molar-refractivity contribution is 0.0574. The molecular formula is C27H25Cl2N5O2. The summed E-state index contributed by atoms with van der Waals surface area (Å²) in [6, 6.07) is 14.0. The molecule has 5 rings (SSSR count). The highest BCUT2D eigenvalue weighted by Crippen LogP contribution is 2.35. The molecular weight excluding hydrogens is 497 g/mol. The average Bonchev–Trinajstić information content (AvgIpc) is 3.25. The number of carbonyl (C=O) groups is 2. The highest BCUT2D eigenvalue weighted by molar-refractivity contribution is 6.42. The molecule has 2 aromatic carbocycles. The molecule has 0 saturated heterocycles. The Hall–Kier alpha value is -3.34. The van der Waals surface area contributed by atoms with Crippen molar-refractivity contribution in [1.82, 2.24) is 19.6 Å². The van der Waals surface area contributed by atoms with Crippen LogP contribution < -0.4 is 0 Å². The number of carbonyl (C=O) groups excluding carboxylic acids is 2. The largest absolute Gasteiger partial charge is 0.331 e. The molecule has 0 saturated carbocycles. The lowest BCUT2D eigenvalue weighted by Crippen LogP contribution is -2.45. The summed E-state index contributed by atoms with van der Waals surface area (Å²) < 4.78 is 1.83. The van der Waals surface area contributed by atoms with E-state index >= 15 is 0 Å². The van der Waals surface area contributed by atoms with Gasteiger partial charge in [0.1, 0.15) is 5.69 Å².